The number of phenols is 2. The van der Waals surface area contributed by atoms with E-state index in [0.29, 0.717) is 21.0 Å². The molecule has 0 unspecified atom stereocenters. The summed E-state index contributed by atoms with van der Waals surface area (Å²) in [6, 6.07) is 6.94. The van der Waals surface area contributed by atoms with Crippen LogP contribution in [0, 0.1) is 0 Å². The molecule has 0 aliphatic rings. The van der Waals surface area contributed by atoms with Gasteiger partial charge in [0, 0.05) is 10.8 Å². The van der Waals surface area contributed by atoms with Crippen molar-refractivity contribution in [1.29, 1.82) is 0 Å². The molecule has 0 spiro atoms. The van der Waals surface area contributed by atoms with E-state index in [4.69, 9.17) is 0 Å². The van der Waals surface area contributed by atoms with Crippen LogP contribution in [0.1, 0.15) is 0 Å². The molecular weight excluding hydrogens is 199 g/mol. The first-order valence-electron chi connectivity index (χ1n) is 4.15. The van der Waals surface area contributed by atoms with E-state index in [1.165, 1.54) is 0 Å². The fourth-order valence-corrected chi connectivity index (χ4v) is 2.98. The van der Waals surface area contributed by atoms with Crippen LogP contribution in [-0.2, 0) is 4.57 Å². The third-order valence-corrected chi connectivity index (χ3v) is 3.93. The first kappa shape index (κ1) is 7.77. The quantitative estimate of drug-likeness (QED) is 0.554. The highest BCUT2D eigenvalue weighted by molar-refractivity contribution is 7.59. The van der Waals surface area contributed by atoms with Gasteiger partial charge in [-0.05, 0) is 0 Å². The number of aromatic hydroxyl groups is 2. The first-order chi connectivity index (χ1) is 6.72. The van der Waals surface area contributed by atoms with Crippen molar-refractivity contribution in [2.24, 2.45) is 0 Å². The summed E-state index contributed by atoms with van der Waals surface area (Å²) in [5, 5.41) is 21.4. The monoisotopic (exact) mass is 205 g/mol. The van der Waals surface area contributed by atoms with Gasteiger partial charge in [-0.2, -0.15) is 0 Å². The standard InChI is InChI=1S/C10H5O3P/c11-7-5-3-1-2-4-6(5)8(12)10-9(7)14(10)13/h1-4H,(H-,11,12,13)/p+1. The zero-order valence-corrected chi connectivity index (χ0v) is 7.95. The molecule has 0 saturated carbocycles. The lowest BCUT2D eigenvalue weighted by molar-refractivity contribution is 0.480. The highest BCUT2D eigenvalue weighted by atomic mass is 31.1. The molecule has 0 fully saturated rings. The number of phenolic OH excluding ortho intramolecular Hbond substituents is 2. The van der Waals surface area contributed by atoms with Crippen molar-refractivity contribution in [1.82, 2.24) is 0 Å². The molecule has 0 radical (unpaired) electrons. The molecule has 2 aromatic carbocycles. The van der Waals surface area contributed by atoms with E-state index in [2.05, 4.69) is 0 Å². The molecule has 14 heavy (non-hydrogen) atoms. The molecule has 2 N–H and O–H groups in total. The Hall–Kier alpha value is -1.60. The van der Waals surface area contributed by atoms with Gasteiger partial charge in [0.05, 0.1) is 0 Å². The van der Waals surface area contributed by atoms with Gasteiger partial charge in [0.2, 0.25) is 0 Å². The van der Waals surface area contributed by atoms with Gasteiger partial charge in [0.25, 0.3) is 10.2 Å². The van der Waals surface area contributed by atoms with Crippen LogP contribution in [0.3, 0.4) is 0 Å². The Morgan fingerprint density at radius 3 is 1.79 bits per heavy atom. The second-order valence-electron chi connectivity index (χ2n) is 3.23. The third-order valence-electron chi connectivity index (χ3n) is 2.47. The van der Waals surface area contributed by atoms with E-state index in [0.717, 1.165) is 0 Å². The van der Waals surface area contributed by atoms with Gasteiger partial charge in [-0.15, -0.1) is 0 Å². The van der Waals surface area contributed by atoms with E-state index >= 15 is 0 Å². The maximum Gasteiger partial charge on any atom is 0.433 e. The Balaban J connectivity index is 2.70. The number of fused-ring (bicyclic) bond motifs is 2. The van der Waals surface area contributed by atoms with Crippen LogP contribution in [0.5, 0.6) is 11.5 Å². The molecule has 4 heteroatoms. The lowest BCUT2D eigenvalue weighted by Gasteiger charge is -1.96. The van der Waals surface area contributed by atoms with Gasteiger partial charge < -0.3 is 10.2 Å². The first-order valence-corrected chi connectivity index (χ1v) is 5.41. The van der Waals surface area contributed by atoms with Gasteiger partial charge in [0.15, 0.2) is 11.5 Å². The van der Waals surface area contributed by atoms with Crippen molar-refractivity contribution in [3.05, 3.63) is 24.3 Å². The topological polar surface area (TPSA) is 57.5 Å². The summed E-state index contributed by atoms with van der Waals surface area (Å²) < 4.78 is 11.3. The number of hydrogen-bond donors (Lipinski definition) is 2. The number of hydrogen-bond acceptors (Lipinski definition) is 3. The summed E-state index contributed by atoms with van der Waals surface area (Å²) in [7, 11) is -1.65. The van der Waals surface area contributed by atoms with Gasteiger partial charge in [-0.1, -0.05) is 28.8 Å². The van der Waals surface area contributed by atoms with Gasteiger partial charge in [0.1, 0.15) is 0 Å². The van der Waals surface area contributed by atoms with Crippen LogP contribution in [0.15, 0.2) is 24.3 Å². The van der Waals surface area contributed by atoms with Crippen LogP contribution in [0.25, 0.3) is 21.0 Å². The Bertz CT molecular complexity index is 621. The summed E-state index contributed by atoms with van der Waals surface area (Å²) in [6.07, 6.45) is 0. The summed E-state index contributed by atoms with van der Waals surface area (Å²) in [4.78, 5) is 0. The molecule has 68 valence electrons. The lowest BCUT2D eigenvalue weighted by atomic mass is 10.1. The van der Waals surface area contributed by atoms with E-state index in [9.17, 15) is 14.8 Å². The minimum Gasteiger partial charge on any atom is -0.503 e. The SMILES string of the molecule is O=[p+]1c2c(O)c3ccccc3c(O)c21. The highest BCUT2D eigenvalue weighted by Crippen LogP contribution is 2.59. The lowest BCUT2D eigenvalue weighted by Crippen LogP contribution is -1.72. The molecule has 0 amide bonds. The summed E-state index contributed by atoms with van der Waals surface area (Å²) in [5.41, 5.74) is 0. The predicted molar refractivity (Wildman–Crippen MR) is 54.8 cm³/mol. The number of rotatable bonds is 0. The fourth-order valence-electron chi connectivity index (χ4n) is 1.72. The van der Waals surface area contributed by atoms with Crippen LogP contribution in [0.2, 0.25) is 0 Å². The third kappa shape index (κ3) is 0.733. The zero-order valence-electron chi connectivity index (χ0n) is 7.06. The zero-order chi connectivity index (χ0) is 9.87. The Morgan fingerprint density at radius 1 is 0.929 bits per heavy atom. The van der Waals surface area contributed by atoms with Gasteiger partial charge in [-0.3, -0.25) is 0 Å². The van der Waals surface area contributed by atoms with Crippen LogP contribution in [0.4, 0.5) is 0 Å². The maximum atomic E-state index is 11.3. The van der Waals surface area contributed by atoms with E-state index in [1.54, 1.807) is 24.3 Å². The van der Waals surface area contributed by atoms with Gasteiger partial charge in [-0.25, -0.2) is 0 Å². The minimum absolute atomic E-state index is 0.0505. The van der Waals surface area contributed by atoms with Gasteiger partial charge >= 0.3 is 7.41 Å². The molecule has 0 atom stereocenters. The molecular formula is C10H6O3P+. The normalized spacial score (nSPS) is 11.7. The number of benzene rings is 2. The minimum atomic E-state index is -1.65. The second kappa shape index (κ2) is 2.25. The molecule has 0 aliphatic heterocycles. The van der Waals surface area contributed by atoms with Crippen molar-refractivity contribution in [3.63, 3.8) is 0 Å². The van der Waals surface area contributed by atoms with Crippen molar-refractivity contribution >= 4 is 28.4 Å². The van der Waals surface area contributed by atoms with Crippen molar-refractivity contribution in [2.75, 3.05) is 0 Å². The van der Waals surface area contributed by atoms with E-state index in [-0.39, 0.29) is 11.5 Å². The molecule has 0 bridgehead atoms. The molecule has 0 saturated heterocycles. The van der Waals surface area contributed by atoms with Crippen molar-refractivity contribution < 1.29 is 14.8 Å². The smallest absolute Gasteiger partial charge is 0.433 e. The summed E-state index contributed by atoms with van der Waals surface area (Å²) in [5.74, 6) is 0.101. The Morgan fingerprint density at radius 2 is 1.36 bits per heavy atom. The van der Waals surface area contributed by atoms with E-state index < -0.39 is 7.41 Å². The van der Waals surface area contributed by atoms with Crippen molar-refractivity contribution in [2.45, 2.75) is 0 Å². The molecule has 3 nitrogen and oxygen atoms in total. The van der Waals surface area contributed by atoms with Crippen LogP contribution < -0.4 is 0 Å². The molecule has 3 rings (SSSR count). The predicted octanol–water partition coefficient (Wildman–Crippen LogP) is 3.02. The summed E-state index contributed by atoms with van der Waals surface area (Å²) >= 11 is 0. The molecule has 0 aliphatic carbocycles. The highest BCUT2D eigenvalue weighted by Gasteiger charge is 2.39. The van der Waals surface area contributed by atoms with E-state index in [1.807, 2.05) is 0 Å². The Labute approximate surface area is 79.6 Å². The van der Waals surface area contributed by atoms with Crippen molar-refractivity contribution in [3.8, 4) is 11.5 Å². The average Bonchev–Trinajstić information content (AvgIpc) is 2.87. The largest absolute Gasteiger partial charge is 0.503 e. The maximum absolute atomic E-state index is 11.3. The molecule has 1 aromatic heterocycles. The Kier molecular flexibility index (Phi) is 1.25. The van der Waals surface area contributed by atoms with Crippen LogP contribution in [-0.4, -0.2) is 10.2 Å². The second-order valence-corrected chi connectivity index (χ2v) is 4.72. The molecule has 3 aromatic rings. The van der Waals surface area contributed by atoms with Crippen LogP contribution >= 0.6 is 7.41 Å². The summed E-state index contributed by atoms with van der Waals surface area (Å²) in [6.45, 7) is 0. The average molecular weight is 205 g/mol. The fraction of sp³-hybridized carbons (Fsp3) is 0. The molecule has 1 heterocycles.